The number of hydrogen-bond donors (Lipinski definition) is 1. The highest BCUT2D eigenvalue weighted by molar-refractivity contribution is 5.78. The van der Waals surface area contributed by atoms with Crippen molar-refractivity contribution in [2.45, 2.75) is 13.0 Å². The predicted octanol–water partition coefficient (Wildman–Crippen LogP) is 2.70. The Morgan fingerprint density at radius 1 is 1.14 bits per heavy atom. The molecule has 0 aliphatic rings. The molecule has 1 amide bonds. The first-order chi connectivity index (χ1) is 10.6. The van der Waals surface area contributed by atoms with Crippen LogP contribution in [0.3, 0.4) is 0 Å². The molecule has 0 saturated heterocycles. The lowest BCUT2D eigenvalue weighted by Gasteiger charge is -2.11. The van der Waals surface area contributed by atoms with Gasteiger partial charge in [0.1, 0.15) is 17.3 Å². The highest BCUT2D eigenvalue weighted by Crippen LogP contribution is 2.24. The summed E-state index contributed by atoms with van der Waals surface area (Å²) >= 11 is 0. The van der Waals surface area contributed by atoms with Gasteiger partial charge in [-0.05, 0) is 29.8 Å². The Kier molecular flexibility index (Phi) is 5.36. The summed E-state index contributed by atoms with van der Waals surface area (Å²) in [6, 6.07) is 11.4. The van der Waals surface area contributed by atoms with Crippen molar-refractivity contribution in [2.75, 3.05) is 14.2 Å². The maximum Gasteiger partial charge on any atom is 0.224 e. The molecule has 0 aromatic heterocycles. The number of carbonyl (C=O) groups is 1. The Morgan fingerprint density at radius 3 is 2.64 bits per heavy atom. The molecule has 2 aromatic carbocycles. The average Bonchev–Trinajstić information content (AvgIpc) is 2.52. The Morgan fingerprint density at radius 2 is 1.95 bits per heavy atom. The molecule has 2 aromatic rings. The van der Waals surface area contributed by atoms with E-state index >= 15 is 0 Å². The quantitative estimate of drug-likeness (QED) is 0.892. The molecule has 0 spiro atoms. The van der Waals surface area contributed by atoms with E-state index in [4.69, 9.17) is 9.47 Å². The lowest BCUT2D eigenvalue weighted by Crippen LogP contribution is -2.24. The normalized spacial score (nSPS) is 10.1. The fraction of sp³-hybridized carbons (Fsp3) is 0.235. The molecule has 0 aliphatic heterocycles. The van der Waals surface area contributed by atoms with Crippen molar-refractivity contribution in [2.24, 2.45) is 0 Å². The number of rotatable bonds is 6. The van der Waals surface area contributed by atoms with Crippen molar-refractivity contribution in [1.82, 2.24) is 5.32 Å². The third-order valence-corrected chi connectivity index (χ3v) is 3.22. The third kappa shape index (κ3) is 4.22. The number of hydrogen-bond acceptors (Lipinski definition) is 3. The fourth-order valence-electron chi connectivity index (χ4n) is 2.09. The van der Waals surface area contributed by atoms with Crippen molar-refractivity contribution in [3.8, 4) is 11.5 Å². The predicted molar refractivity (Wildman–Crippen MR) is 81.5 cm³/mol. The van der Waals surface area contributed by atoms with E-state index in [-0.39, 0.29) is 18.1 Å². The van der Waals surface area contributed by atoms with Gasteiger partial charge in [0.15, 0.2) is 0 Å². The van der Waals surface area contributed by atoms with E-state index in [2.05, 4.69) is 5.32 Å². The summed E-state index contributed by atoms with van der Waals surface area (Å²) in [6.07, 6.45) is 0.135. The summed E-state index contributed by atoms with van der Waals surface area (Å²) in [5.74, 6) is 0.808. The summed E-state index contributed by atoms with van der Waals surface area (Å²) in [6.45, 7) is 0.335. The summed E-state index contributed by atoms with van der Waals surface area (Å²) in [7, 11) is 3.14. The van der Waals surface area contributed by atoms with Gasteiger partial charge in [-0.2, -0.15) is 0 Å². The van der Waals surface area contributed by atoms with Crippen LogP contribution in [0.25, 0.3) is 0 Å². The first kappa shape index (κ1) is 15.8. The topological polar surface area (TPSA) is 47.6 Å². The monoisotopic (exact) mass is 303 g/mol. The summed E-state index contributed by atoms with van der Waals surface area (Å²) < 4.78 is 23.5. The van der Waals surface area contributed by atoms with E-state index in [1.165, 1.54) is 12.1 Å². The molecule has 0 unspecified atom stereocenters. The molecular formula is C17H18FNO3. The Balaban J connectivity index is 1.96. The molecule has 0 aliphatic carbocycles. The second-order valence-electron chi connectivity index (χ2n) is 4.76. The minimum atomic E-state index is -0.345. The third-order valence-electron chi connectivity index (χ3n) is 3.22. The van der Waals surface area contributed by atoms with Gasteiger partial charge in [0.05, 0.1) is 20.6 Å². The summed E-state index contributed by atoms with van der Waals surface area (Å²) in [5.41, 5.74) is 1.48. The van der Waals surface area contributed by atoms with Crippen LogP contribution < -0.4 is 14.8 Å². The summed E-state index contributed by atoms with van der Waals surface area (Å²) in [5, 5.41) is 2.80. The number of nitrogens with one attached hydrogen (secondary N) is 1. The van der Waals surface area contributed by atoms with E-state index < -0.39 is 0 Å². The number of benzene rings is 2. The first-order valence-electron chi connectivity index (χ1n) is 6.84. The minimum absolute atomic E-state index is 0.135. The van der Waals surface area contributed by atoms with E-state index in [1.54, 1.807) is 38.5 Å². The standard InChI is InChI=1S/C17H18FNO3/c1-21-15-7-6-13(16(10-15)22-2)11-19-17(20)9-12-4-3-5-14(18)8-12/h3-8,10H,9,11H2,1-2H3,(H,19,20). The number of halogens is 1. The zero-order chi connectivity index (χ0) is 15.9. The van der Waals surface area contributed by atoms with E-state index in [9.17, 15) is 9.18 Å². The van der Waals surface area contributed by atoms with Gasteiger partial charge in [0, 0.05) is 18.2 Å². The van der Waals surface area contributed by atoms with E-state index in [1.807, 2.05) is 6.07 Å². The Bertz CT molecular complexity index is 658. The second-order valence-corrected chi connectivity index (χ2v) is 4.76. The molecule has 0 heterocycles. The molecule has 0 fully saturated rings. The largest absolute Gasteiger partial charge is 0.497 e. The van der Waals surface area contributed by atoms with Gasteiger partial charge in [-0.3, -0.25) is 4.79 Å². The SMILES string of the molecule is COc1ccc(CNC(=O)Cc2cccc(F)c2)c(OC)c1. The van der Waals surface area contributed by atoms with Gasteiger partial charge in [-0.25, -0.2) is 4.39 Å². The summed E-state index contributed by atoms with van der Waals surface area (Å²) in [4.78, 5) is 11.9. The van der Waals surface area contributed by atoms with Crippen LogP contribution in [0.2, 0.25) is 0 Å². The average molecular weight is 303 g/mol. The van der Waals surface area contributed by atoms with E-state index in [0.717, 1.165) is 5.56 Å². The fourth-order valence-corrected chi connectivity index (χ4v) is 2.09. The van der Waals surface area contributed by atoms with Crippen molar-refractivity contribution >= 4 is 5.91 Å². The number of ether oxygens (including phenoxy) is 2. The molecule has 0 saturated carbocycles. The second kappa shape index (κ2) is 7.45. The van der Waals surface area contributed by atoms with Gasteiger partial charge in [-0.15, -0.1) is 0 Å². The van der Waals surface area contributed by atoms with Crippen LogP contribution in [0.5, 0.6) is 11.5 Å². The smallest absolute Gasteiger partial charge is 0.224 e. The van der Waals surface area contributed by atoms with Crippen molar-refractivity contribution in [3.05, 3.63) is 59.4 Å². The number of amides is 1. The molecule has 1 N–H and O–H groups in total. The van der Waals surface area contributed by atoms with Crippen LogP contribution in [0, 0.1) is 5.82 Å². The van der Waals surface area contributed by atoms with Gasteiger partial charge in [-0.1, -0.05) is 12.1 Å². The minimum Gasteiger partial charge on any atom is -0.497 e. The Hall–Kier alpha value is -2.56. The maximum absolute atomic E-state index is 13.1. The van der Waals surface area contributed by atoms with E-state index in [0.29, 0.717) is 23.6 Å². The zero-order valence-electron chi connectivity index (χ0n) is 12.6. The first-order valence-corrected chi connectivity index (χ1v) is 6.84. The van der Waals surface area contributed by atoms with Crippen LogP contribution in [0.4, 0.5) is 4.39 Å². The van der Waals surface area contributed by atoms with Crippen molar-refractivity contribution in [3.63, 3.8) is 0 Å². The van der Waals surface area contributed by atoms with Crippen LogP contribution in [-0.2, 0) is 17.8 Å². The molecule has 116 valence electrons. The molecule has 5 heteroatoms. The molecule has 4 nitrogen and oxygen atoms in total. The number of carbonyl (C=O) groups excluding carboxylic acids is 1. The molecule has 22 heavy (non-hydrogen) atoms. The van der Waals surface area contributed by atoms with Crippen LogP contribution in [-0.4, -0.2) is 20.1 Å². The highest BCUT2D eigenvalue weighted by Gasteiger charge is 2.08. The van der Waals surface area contributed by atoms with Crippen molar-refractivity contribution < 1.29 is 18.7 Å². The molecule has 0 atom stereocenters. The highest BCUT2D eigenvalue weighted by atomic mass is 19.1. The molecular weight excluding hydrogens is 285 g/mol. The van der Waals surface area contributed by atoms with Crippen LogP contribution in [0.15, 0.2) is 42.5 Å². The molecule has 0 bridgehead atoms. The van der Waals surface area contributed by atoms with Crippen LogP contribution in [0.1, 0.15) is 11.1 Å². The van der Waals surface area contributed by atoms with Gasteiger partial charge < -0.3 is 14.8 Å². The van der Waals surface area contributed by atoms with Gasteiger partial charge in [0.2, 0.25) is 5.91 Å². The lowest BCUT2D eigenvalue weighted by atomic mass is 10.1. The maximum atomic E-state index is 13.1. The lowest BCUT2D eigenvalue weighted by molar-refractivity contribution is -0.120. The molecule has 2 rings (SSSR count). The van der Waals surface area contributed by atoms with Gasteiger partial charge >= 0.3 is 0 Å². The van der Waals surface area contributed by atoms with Crippen molar-refractivity contribution in [1.29, 1.82) is 0 Å². The number of methoxy groups -OCH3 is 2. The Labute approximate surface area is 128 Å². The molecule has 0 radical (unpaired) electrons. The van der Waals surface area contributed by atoms with Crippen LogP contribution >= 0.6 is 0 Å². The van der Waals surface area contributed by atoms with Gasteiger partial charge in [0.25, 0.3) is 0 Å². The zero-order valence-corrected chi connectivity index (χ0v) is 12.6.